The van der Waals surface area contributed by atoms with E-state index >= 15 is 0 Å². The minimum atomic E-state index is -0.436. The lowest BCUT2D eigenvalue weighted by atomic mass is 10.0. The normalized spacial score (nSPS) is 14.7. The van der Waals surface area contributed by atoms with Crippen LogP contribution in [0.5, 0.6) is 11.5 Å². The van der Waals surface area contributed by atoms with Crippen molar-refractivity contribution < 1.29 is 23.5 Å². The van der Waals surface area contributed by atoms with Crippen molar-refractivity contribution in [2.24, 2.45) is 0 Å². The fourth-order valence-electron chi connectivity index (χ4n) is 3.26. The number of likely N-dealkylation sites (N-methyl/N-ethyl adjacent to an activating group) is 1. The summed E-state index contributed by atoms with van der Waals surface area (Å²) < 4.78 is 25.0. The van der Waals surface area contributed by atoms with Gasteiger partial charge in [0.15, 0.2) is 11.5 Å². The van der Waals surface area contributed by atoms with E-state index in [2.05, 4.69) is 11.9 Å². The smallest absolute Gasteiger partial charge is 0.328 e. The molecule has 31 heavy (non-hydrogen) atoms. The van der Waals surface area contributed by atoms with Crippen molar-refractivity contribution in [1.29, 1.82) is 0 Å². The Balaban J connectivity index is 1.95. The van der Waals surface area contributed by atoms with Gasteiger partial charge in [-0.1, -0.05) is 18.2 Å². The van der Waals surface area contributed by atoms with Crippen LogP contribution in [0.2, 0.25) is 0 Å². The number of carbonyl (C=O) groups excluding carboxylic acids is 2. The van der Waals surface area contributed by atoms with E-state index in [1.165, 1.54) is 12.1 Å². The van der Waals surface area contributed by atoms with E-state index in [-0.39, 0.29) is 24.0 Å². The molecule has 3 rings (SSSR count). The van der Waals surface area contributed by atoms with Gasteiger partial charge in [0.1, 0.15) is 18.1 Å². The zero-order chi connectivity index (χ0) is 22.4. The molecule has 0 unspecified atom stereocenters. The SMILES string of the molecule is C=CCc1cc(/C=C2/NC(=O)N(CC)C2=O)cc(OCC)c1OCc1ccc(F)cc1. The van der Waals surface area contributed by atoms with Crippen LogP contribution in [0.1, 0.15) is 30.5 Å². The molecule has 1 aliphatic heterocycles. The first kappa shape index (κ1) is 22.1. The Morgan fingerprint density at radius 2 is 1.87 bits per heavy atom. The topological polar surface area (TPSA) is 67.9 Å². The Bertz CT molecular complexity index is 1010. The molecule has 2 aromatic rings. The van der Waals surface area contributed by atoms with Crippen LogP contribution in [-0.2, 0) is 17.8 Å². The maximum Gasteiger partial charge on any atom is 0.328 e. The summed E-state index contributed by atoms with van der Waals surface area (Å²) in [4.78, 5) is 25.5. The third-order valence-electron chi connectivity index (χ3n) is 4.70. The van der Waals surface area contributed by atoms with Crippen LogP contribution in [0.25, 0.3) is 6.08 Å². The summed E-state index contributed by atoms with van der Waals surface area (Å²) in [5.74, 6) is 0.399. The van der Waals surface area contributed by atoms with Crippen LogP contribution in [0.4, 0.5) is 9.18 Å². The predicted molar refractivity (Wildman–Crippen MR) is 116 cm³/mol. The molecule has 1 saturated heterocycles. The number of ether oxygens (including phenoxy) is 2. The molecular formula is C24H25FN2O4. The molecule has 0 aliphatic carbocycles. The number of rotatable bonds is 9. The van der Waals surface area contributed by atoms with Gasteiger partial charge < -0.3 is 14.8 Å². The number of carbonyl (C=O) groups is 2. The van der Waals surface area contributed by atoms with Crippen LogP contribution < -0.4 is 14.8 Å². The van der Waals surface area contributed by atoms with E-state index in [0.29, 0.717) is 36.6 Å². The Morgan fingerprint density at radius 1 is 1.13 bits per heavy atom. The lowest BCUT2D eigenvalue weighted by Gasteiger charge is -2.17. The number of benzene rings is 2. The molecule has 0 radical (unpaired) electrons. The van der Waals surface area contributed by atoms with E-state index in [9.17, 15) is 14.0 Å². The summed E-state index contributed by atoms with van der Waals surface area (Å²) in [5.41, 5.74) is 2.53. The van der Waals surface area contributed by atoms with Crippen LogP contribution in [0.15, 0.2) is 54.8 Å². The quantitative estimate of drug-likeness (QED) is 0.367. The first-order valence-corrected chi connectivity index (χ1v) is 10.1. The van der Waals surface area contributed by atoms with Crippen LogP contribution >= 0.6 is 0 Å². The summed E-state index contributed by atoms with van der Waals surface area (Å²) in [7, 11) is 0. The Kier molecular flexibility index (Phi) is 7.07. The third-order valence-corrected chi connectivity index (χ3v) is 4.70. The number of hydrogen-bond acceptors (Lipinski definition) is 4. The molecule has 1 aliphatic rings. The van der Waals surface area contributed by atoms with Crippen molar-refractivity contribution in [2.45, 2.75) is 26.9 Å². The number of hydrogen-bond donors (Lipinski definition) is 1. The molecule has 0 atom stereocenters. The van der Waals surface area contributed by atoms with Crippen molar-refractivity contribution in [1.82, 2.24) is 10.2 Å². The van der Waals surface area contributed by atoms with E-state index in [4.69, 9.17) is 9.47 Å². The van der Waals surface area contributed by atoms with Crippen LogP contribution in [0, 0.1) is 5.82 Å². The number of imide groups is 1. The van der Waals surface area contributed by atoms with E-state index in [1.54, 1.807) is 37.3 Å². The highest BCUT2D eigenvalue weighted by Gasteiger charge is 2.32. The highest BCUT2D eigenvalue weighted by Crippen LogP contribution is 2.35. The molecule has 0 spiro atoms. The van der Waals surface area contributed by atoms with Gasteiger partial charge in [-0.05, 0) is 61.7 Å². The molecule has 3 amide bonds. The molecule has 2 aromatic carbocycles. The average Bonchev–Trinajstić information content (AvgIpc) is 3.01. The summed E-state index contributed by atoms with van der Waals surface area (Å²) in [6.45, 7) is 8.36. The van der Waals surface area contributed by atoms with Crippen molar-refractivity contribution in [3.8, 4) is 11.5 Å². The maximum atomic E-state index is 13.2. The van der Waals surface area contributed by atoms with Crippen molar-refractivity contribution in [2.75, 3.05) is 13.2 Å². The van der Waals surface area contributed by atoms with Gasteiger partial charge in [-0.2, -0.15) is 0 Å². The molecule has 1 heterocycles. The molecule has 6 nitrogen and oxygen atoms in total. The van der Waals surface area contributed by atoms with E-state index < -0.39 is 6.03 Å². The third kappa shape index (κ3) is 5.12. The second-order valence-corrected chi connectivity index (χ2v) is 6.89. The van der Waals surface area contributed by atoms with Crippen LogP contribution in [0.3, 0.4) is 0 Å². The molecule has 1 fully saturated rings. The largest absolute Gasteiger partial charge is 0.490 e. The Labute approximate surface area is 181 Å². The average molecular weight is 424 g/mol. The molecule has 0 bridgehead atoms. The predicted octanol–water partition coefficient (Wildman–Crippen LogP) is 4.44. The van der Waals surface area contributed by atoms with Crippen LogP contribution in [-0.4, -0.2) is 30.0 Å². The number of halogens is 1. The number of urea groups is 1. The van der Waals surface area contributed by atoms with Crippen molar-refractivity contribution in [3.63, 3.8) is 0 Å². The van der Waals surface area contributed by atoms with Gasteiger partial charge in [-0.25, -0.2) is 9.18 Å². The van der Waals surface area contributed by atoms with Gasteiger partial charge in [0.05, 0.1) is 6.61 Å². The van der Waals surface area contributed by atoms with Crippen molar-refractivity contribution in [3.05, 3.63) is 77.3 Å². The fraction of sp³-hybridized carbons (Fsp3) is 0.250. The number of nitrogens with one attached hydrogen (secondary N) is 1. The van der Waals surface area contributed by atoms with Gasteiger partial charge in [0, 0.05) is 12.1 Å². The van der Waals surface area contributed by atoms with E-state index in [0.717, 1.165) is 16.0 Å². The number of nitrogens with zero attached hydrogens (tertiary/aromatic N) is 1. The van der Waals surface area contributed by atoms with Gasteiger partial charge in [-0.15, -0.1) is 6.58 Å². The van der Waals surface area contributed by atoms with Crippen molar-refractivity contribution >= 4 is 18.0 Å². The molecule has 0 saturated carbocycles. The summed E-state index contributed by atoms with van der Waals surface area (Å²) in [5, 5.41) is 2.60. The molecular weight excluding hydrogens is 399 g/mol. The summed E-state index contributed by atoms with van der Waals surface area (Å²) >= 11 is 0. The van der Waals surface area contributed by atoms with Gasteiger partial charge in [0.2, 0.25) is 0 Å². The second-order valence-electron chi connectivity index (χ2n) is 6.89. The van der Waals surface area contributed by atoms with Gasteiger partial charge >= 0.3 is 6.03 Å². The van der Waals surface area contributed by atoms with E-state index in [1.807, 2.05) is 13.0 Å². The highest BCUT2D eigenvalue weighted by atomic mass is 19.1. The first-order chi connectivity index (χ1) is 15.0. The maximum absolute atomic E-state index is 13.2. The zero-order valence-corrected chi connectivity index (χ0v) is 17.6. The van der Waals surface area contributed by atoms with Gasteiger partial charge in [0.25, 0.3) is 5.91 Å². The molecule has 162 valence electrons. The lowest BCUT2D eigenvalue weighted by molar-refractivity contribution is -0.122. The Hall–Kier alpha value is -3.61. The second kappa shape index (κ2) is 9.93. The highest BCUT2D eigenvalue weighted by molar-refractivity contribution is 6.13. The lowest BCUT2D eigenvalue weighted by Crippen LogP contribution is -2.30. The minimum absolute atomic E-state index is 0.207. The molecule has 7 heteroatoms. The molecule has 1 N–H and O–H groups in total. The summed E-state index contributed by atoms with van der Waals surface area (Å²) in [6.07, 6.45) is 3.88. The standard InChI is InChI=1S/C24H25FN2O4/c1-4-7-18-12-17(13-20-23(28)27(5-2)24(29)26-20)14-21(30-6-3)22(18)31-15-16-8-10-19(25)11-9-16/h4,8-14H,1,5-7,15H2,2-3H3,(H,26,29)/b20-13+. The zero-order valence-electron chi connectivity index (χ0n) is 17.6. The number of allylic oxidation sites excluding steroid dienone is 1. The number of amides is 3. The molecule has 0 aromatic heterocycles. The minimum Gasteiger partial charge on any atom is -0.490 e. The summed E-state index contributed by atoms with van der Waals surface area (Å²) in [6, 6.07) is 9.28. The first-order valence-electron chi connectivity index (χ1n) is 10.1. The van der Waals surface area contributed by atoms with Gasteiger partial charge in [-0.3, -0.25) is 9.69 Å². The Morgan fingerprint density at radius 3 is 2.48 bits per heavy atom. The monoisotopic (exact) mass is 424 g/mol. The fourth-order valence-corrected chi connectivity index (χ4v) is 3.26.